The predicted octanol–water partition coefficient (Wildman–Crippen LogP) is 5.69. The fraction of sp³-hybridized carbons (Fsp3) is 0.286. The zero-order valence-corrected chi connectivity index (χ0v) is 16.9. The van der Waals surface area contributed by atoms with Gasteiger partial charge in [0.25, 0.3) is 5.91 Å². The van der Waals surface area contributed by atoms with Gasteiger partial charge in [0.05, 0.1) is 16.8 Å². The lowest BCUT2D eigenvalue weighted by atomic mass is 10.2. The molecule has 0 atom stereocenters. The molecule has 4 nitrogen and oxygen atoms in total. The van der Waals surface area contributed by atoms with Gasteiger partial charge in [0.15, 0.2) is 0 Å². The lowest BCUT2D eigenvalue weighted by Crippen LogP contribution is -2.13. The largest absolute Gasteiger partial charge is 0.492 e. The van der Waals surface area contributed by atoms with E-state index in [1.807, 2.05) is 25.1 Å². The van der Waals surface area contributed by atoms with Crippen LogP contribution in [-0.2, 0) is 0 Å². The van der Waals surface area contributed by atoms with E-state index in [1.54, 1.807) is 24.3 Å². The summed E-state index contributed by atoms with van der Waals surface area (Å²) in [5, 5.41) is 2.89. The van der Waals surface area contributed by atoms with Gasteiger partial charge in [0.1, 0.15) is 18.1 Å². The van der Waals surface area contributed by atoms with Crippen LogP contribution < -0.4 is 14.8 Å². The van der Waals surface area contributed by atoms with Crippen LogP contribution in [0.1, 0.15) is 31.1 Å². The summed E-state index contributed by atoms with van der Waals surface area (Å²) in [6, 6.07) is 12.6. The van der Waals surface area contributed by atoms with Gasteiger partial charge in [0.2, 0.25) is 0 Å². The van der Waals surface area contributed by atoms with Crippen molar-refractivity contribution >= 4 is 27.5 Å². The summed E-state index contributed by atoms with van der Waals surface area (Å²) in [5.74, 6) is 1.55. The summed E-state index contributed by atoms with van der Waals surface area (Å²) >= 11 is 3.47. The Morgan fingerprint density at radius 2 is 1.88 bits per heavy atom. The Bertz CT molecular complexity index is 787. The second-order valence-electron chi connectivity index (χ2n) is 6.55. The molecule has 0 aliphatic rings. The number of rotatable bonds is 8. The van der Waals surface area contributed by atoms with Crippen LogP contribution in [0.4, 0.5) is 5.69 Å². The van der Waals surface area contributed by atoms with Crippen LogP contribution >= 0.6 is 15.9 Å². The molecule has 0 aliphatic carbocycles. The molecule has 0 radical (unpaired) electrons. The fourth-order valence-electron chi connectivity index (χ4n) is 2.11. The molecule has 0 aromatic heterocycles. The Labute approximate surface area is 163 Å². The first kappa shape index (κ1) is 20.0. The van der Waals surface area contributed by atoms with Gasteiger partial charge in [-0.3, -0.25) is 4.79 Å². The molecule has 2 rings (SSSR count). The van der Waals surface area contributed by atoms with Gasteiger partial charge in [-0.05, 0) is 64.7 Å². The van der Waals surface area contributed by atoms with E-state index in [-0.39, 0.29) is 5.91 Å². The van der Waals surface area contributed by atoms with E-state index in [0.717, 1.165) is 15.8 Å². The van der Waals surface area contributed by atoms with Crippen LogP contribution in [0.3, 0.4) is 0 Å². The molecule has 0 spiro atoms. The van der Waals surface area contributed by atoms with E-state index < -0.39 is 0 Å². The van der Waals surface area contributed by atoms with E-state index in [4.69, 9.17) is 9.47 Å². The fourth-order valence-corrected chi connectivity index (χ4v) is 2.60. The maximum Gasteiger partial charge on any atom is 0.255 e. The molecule has 0 bridgehead atoms. The molecule has 0 fully saturated rings. The van der Waals surface area contributed by atoms with Crippen molar-refractivity contribution in [2.45, 2.75) is 20.8 Å². The molecule has 0 heterocycles. The second-order valence-corrected chi connectivity index (χ2v) is 7.40. The van der Waals surface area contributed by atoms with Crippen molar-refractivity contribution in [3.63, 3.8) is 0 Å². The summed E-state index contributed by atoms with van der Waals surface area (Å²) in [7, 11) is 0. The van der Waals surface area contributed by atoms with Crippen LogP contribution in [0.25, 0.3) is 0 Å². The van der Waals surface area contributed by atoms with Crippen molar-refractivity contribution in [1.29, 1.82) is 0 Å². The molecule has 0 saturated carbocycles. The van der Waals surface area contributed by atoms with E-state index in [0.29, 0.717) is 36.1 Å². The number of carbonyl (C=O) groups excluding carboxylic acids is 1. The van der Waals surface area contributed by atoms with Gasteiger partial charge in [-0.1, -0.05) is 32.6 Å². The molecule has 0 saturated heterocycles. The molecule has 26 heavy (non-hydrogen) atoms. The van der Waals surface area contributed by atoms with Gasteiger partial charge in [-0.15, -0.1) is 0 Å². The number of anilines is 1. The van der Waals surface area contributed by atoms with Gasteiger partial charge >= 0.3 is 0 Å². The number of hydrogen-bond acceptors (Lipinski definition) is 3. The molecule has 138 valence electrons. The van der Waals surface area contributed by atoms with Crippen LogP contribution in [0, 0.1) is 5.92 Å². The van der Waals surface area contributed by atoms with E-state index in [1.165, 1.54) is 0 Å². The molecule has 1 amide bonds. The zero-order valence-electron chi connectivity index (χ0n) is 15.3. The van der Waals surface area contributed by atoms with Crippen molar-refractivity contribution in [2.75, 3.05) is 18.5 Å². The van der Waals surface area contributed by atoms with Crippen molar-refractivity contribution in [3.8, 4) is 11.5 Å². The normalized spacial score (nSPS) is 10.5. The molecular weight excluding hydrogens is 394 g/mol. The number of nitrogens with one attached hydrogen (secondary N) is 1. The minimum absolute atomic E-state index is 0.215. The SMILES string of the molecule is C=C(C)COc1ccccc1NC(=O)c1ccc(OCC(C)C)c(Br)c1. The Hall–Kier alpha value is -2.27. The zero-order chi connectivity index (χ0) is 19.1. The van der Waals surface area contributed by atoms with Gasteiger partial charge < -0.3 is 14.8 Å². The molecule has 0 unspecified atom stereocenters. The van der Waals surface area contributed by atoms with Crippen LogP contribution in [0.2, 0.25) is 0 Å². The third kappa shape index (κ3) is 5.92. The Morgan fingerprint density at radius 1 is 1.15 bits per heavy atom. The molecule has 5 heteroatoms. The molecule has 0 aliphatic heterocycles. The third-order valence-electron chi connectivity index (χ3n) is 3.38. The summed E-state index contributed by atoms with van der Waals surface area (Å²) in [5.41, 5.74) is 2.06. The number of para-hydroxylation sites is 2. The van der Waals surface area contributed by atoms with Crippen LogP contribution in [0.5, 0.6) is 11.5 Å². The summed E-state index contributed by atoms with van der Waals surface area (Å²) in [6.07, 6.45) is 0. The van der Waals surface area contributed by atoms with Crippen LogP contribution in [0.15, 0.2) is 59.1 Å². The number of halogens is 1. The number of ether oxygens (including phenoxy) is 2. The Kier molecular flexibility index (Phi) is 7.27. The first-order chi connectivity index (χ1) is 12.4. The average Bonchev–Trinajstić information content (AvgIpc) is 2.59. The summed E-state index contributed by atoms with van der Waals surface area (Å²) in [6.45, 7) is 10.9. The standard InChI is InChI=1S/C21H24BrNO3/c1-14(2)12-25-19-10-9-16(11-17(19)22)21(24)23-18-7-5-6-8-20(18)26-13-15(3)4/h5-11,14H,3,12-13H2,1-2,4H3,(H,23,24). The molecular formula is C21H24BrNO3. The van der Waals surface area contributed by atoms with Crippen molar-refractivity contribution in [1.82, 2.24) is 0 Å². The van der Waals surface area contributed by atoms with E-state index in [9.17, 15) is 4.79 Å². The molecule has 2 aromatic carbocycles. The third-order valence-corrected chi connectivity index (χ3v) is 4.00. The van der Waals surface area contributed by atoms with E-state index in [2.05, 4.69) is 41.7 Å². The van der Waals surface area contributed by atoms with Gasteiger partial charge in [-0.2, -0.15) is 0 Å². The van der Waals surface area contributed by atoms with Crippen molar-refractivity contribution in [2.24, 2.45) is 5.92 Å². The lowest BCUT2D eigenvalue weighted by Gasteiger charge is -2.14. The first-order valence-electron chi connectivity index (χ1n) is 8.46. The predicted molar refractivity (Wildman–Crippen MR) is 109 cm³/mol. The highest BCUT2D eigenvalue weighted by Crippen LogP contribution is 2.28. The highest BCUT2D eigenvalue weighted by Gasteiger charge is 2.12. The monoisotopic (exact) mass is 417 g/mol. The number of amides is 1. The minimum Gasteiger partial charge on any atom is -0.492 e. The smallest absolute Gasteiger partial charge is 0.255 e. The molecule has 1 N–H and O–H groups in total. The number of carbonyl (C=O) groups is 1. The maximum atomic E-state index is 12.6. The topological polar surface area (TPSA) is 47.6 Å². The van der Waals surface area contributed by atoms with Crippen molar-refractivity contribution in [3.05, 3.63) is 64.7 Å². The summed E-state index contributed by atoms with van der Waals surface area (Å²) < 4.78 is 12.2. The van der Waals surface area contributed by atoms with Crippen molar-refractivity contribution < 1.29 is 14.3 Å². The quantitative estimate of drug-likeness (QED) is 0.560. The highest BCUT2D eigenvalue weighted by molar-refractivity contribution is 9.10. The Morgan fingerprint density at radius 3 is 2.54 bits per heavy atom. The van der Waals surface area contributed by atoms with Crippen LogP contribution in [-0.4, -0.2) is 19.1 Å². The molecule has 2 aromatic rings. The minimum atomic E-state index is -0.215. The average molecular weight is 418 g/mol. The van der Waals surface area contributed by atoms with E-state index >= 15 is 0 Å². The lowest BCUT2D eigenvalue weighted by molar-refractivity contribution is 0.102. The Balaban J connectivity index is 2.10. The number of hydrogen-bond donors (Lipinski definition) is 1. The van der Waals surface area contributed by atoms with Gasteiger partial charge in [0, 0.05) is 5.56 Å². The number of benzene rings is 2. The summed E-state index contributed by atoms with van der Waals surface area (Å²) in [4.78, 5) is 12.6. The van der Waals surface area contributed by atoms with Gasteiger partial charge in [-0.25, -0.2) is 0 Å². The highest BCUT2D eigenvalue weighted by atomic mass is 79.9. The maximum absolute atomic E-state index is 12.6. The first-order valence-corrected chi connectivity index (χ1v) is 9.26. The second kappa shape index (κ2) is 9.43.